The molecule has 0 N–H and O–H groups in total. The van der Waals surface area contributed by atoms with Gasteiger partial charge in [0, 0.05) is 12.3 Å². The minimum absolute atomic E-state index is 0.500. The van der Waals surface area contributed by atoms with Crippen LogP contribution in [0, 0.1) is 23.7 Å². The van der Waals surface area contributed by atoms with E-state index in [1.165, 1.54) is 6.42 Å². The fraction of sp³-hybridized carbons (Fsp3) is 0.889. The number of hydrogen-bond donors (Lipinski definition) is 0. The van der Waals surface area contributed by atoms with E-state index in [0.717, 1.165) is 24.2 Å². The third kappa shape index (κ3) is 0.664. The second kappa shape index (κ2) is 1.84. The zero-order chi connectivity index (χ0) is 7.30. The van der Waals surface area contributed by atoms with Crippen molar-refractivity contribution in [2.45, 2.75) is 26.7 Å². The molecule has 0 spiro atoms. The Bertz CT molecular complexity index is 172. The molecule has 2 saturated carbocycles. The Morgan fingerprint density at radius 3 is 2.50 bits per heavy atom. The molecule has 1 heteroatoms. The molecule has 2 aliphatic rings. The number of rotatable bonds is 1. The zero-order valence-electron chi connectivity index (χ0n) is 6.63. The minimum Gasteiger partial charge on any atom is -0.299 e. The topological polar surface area (TPSA) is 17.1 Å². The van der Waals surface area contributed by atoms with Crippen LogP contribution in [0.4, 0.5) is 0 Å². The van der Waals surface area contributed by atoms with Crippen LogP contribution in [-0.2, 0) is 4.79 Å². The van der Waals surface area contributed by atoms with E-state index in [4.69, 9.17) is 0 Å². The lowest BCUT2D eigenvalue weighted by atomic mass is 10.0. The number of hydrogen-bond acceptors (Lipinski definition) is 1. The Labute approximate surface area is 61.8 Å². The first kappa shape index (κ1) is 6.38. The molecule has 2 aliphatic carbocycles. The quantitative estimate of drug-likeness (QED) is 0.540. The van der Waals surface area contributed by atoms with Gasteiger partial charge < -0.3 is 0 Å². The molecule has 0 radical (unpaired) electrons. The van der Waals surface area contributed by atoms with Crippen molar-refractivity contribution < 1.29 is 4.79 Å². The van der Waals surface area contributed by atoms with Crippen LogP contribution in [0.3, 0.4) is 0 Å². The molecule has 0 saturated heterocycles. The van der Waals surface area contributed by atoms with E-state index in [-0.39, 0.29) is 0 Å². The molecule has 0 amide bonds. The van der Waals surface area contributed by atoms with E-state index < -0.39 is 0 Å². The van der Waals surface area contributed by atoms with E-state index in [9.17, 15) is 4.79 Å². The van der Waals surface area contributed by atoms with Crippen LogP contribution in [-0.4, -0.2) is 5.78 Å². The predicted molar refractivity (Wildman–Crippen MR) is 39.5 cm³/mol. The Morgan fingerprint density at radius 1 is 1.50 bits per heavy atom. The van der Waals surface area contributed by atoms with Gasteiger partial charge in [-0.15, -0.1) is 0 Å². The van der Waals surface area contributed by atoms with Crippen molar-refractivity contribution in [3.63, 3.8) is 0 Å². The fourth-order valence-corrected chi connectivity index (χ4v) is 2.61. The normalized spacial score (nSPS) is 44.3. The van der Waals surface area contributed by atoms with Crippen LogP contribution >= 0.6 is 0 Å². The largest absolute Gasteiger partial charge is 0.299 e. The first-order valence-electron chi connectivity index (χ1n) is 4.24. The van der Waals surface area contributed by atoms with Gasteiger partial charge in [-0.05, 0) is 24.2 Å². The van der Waals surface area contributed by atoms with Gasteiger partial charge in [0.2, 0.25) is 0 Å². The first-order chi connectivity index (χ1) is 4.72. The molecule has 3 atom stereocenters. The molecule has 0 bridgehead atoms. The van der Waals surface area contributed by atoms with Crippen molar-refractivity contribution in [2.75, 3.05) is 0 Å². The lowest BCUT2D eigenvalue weighted by molar-refractivity contribution is -0.119. The van der Waals surface area contributed by atoms with E-state index in [0.29, 0.717) is 11.7 Å². The second-order valence-corrected chi connectivity index (χ2v) is 4.02. The van der Waals surface area contributed by atoms with Crippen LogP contribution in [0.5, 0.6) is 0 Å². The number of Topliss-reactive ketones (excluding diaryl/α,β-unsaturated/α-hetero) is 1. The average molecular weight is 138 g/mol. The highest BCUT2D eigenvalue weighted by Gasteiger charge is 2.58. The molecule has 0 unspecified atom stereocenters. The van der Waals surface area contributed by atoms with E-state index in [2.05, 4.69) is 13.8 Å². The van der Waals surface area contributed by atoms with Crippen molar-refractivity contribution in [3.8, 4) is 0 Å². The molecule has 0 aromatic carbocycles. The van der Waals surface area contributed by atoms with E-state index in [1.54, 1.807) is 0 Å². The fourth-order valence-electron chi connectivity index (χ4n) is 2.61. The van der Waals surface area contributed by atoms with Crippen molar-refractivity contribution in [1.29, 1.82) is 0 Å². The molecule has 56 valence electrons. The number of carbonyl (C=O) groups is 1. The van der Waals surface area contributed by atoms with Gasteiger partial charge in [-0.2, -0.15) is 0 Å². The number of ketones is 1. The summed E-state index contributed by atoms with van der Waals surface area (Å²) in [5.74, 6) is 3.34. The lowest BCUT2D eigenvalue weighted by Crippen LogP contribution is -2.03. The highest BCUT2D eigenvalue weighted by atomic mass is 16.1. The summed E-state index contributed by atoms with van der Waals surface area (Å²) in [6.07, 6.45) is 2.06. The Balaban J connectivity index is 2.05. The highest BCUT2D eigenvalue weighted by molar-refractivity contribution is 5.87. The van der Waals surface area contributed by atoms with Crippen molar-refractivity contribution in [1.82, 2.24) is 0 Å². The molecule has 0 aliphatic heterocycles. The third-order valence-electron chi connectivity index (χ3n) is 3.10. The summed E-state index contributed by atoms with van der Waals surface area (Å²) in [4.78, 5) is 11.1. The van der Waals surface area contributed by atoms with Gasteiger partial charge in [-0.3, -0.25) is 4.79 Å². The van der Waals surface area contributed by atoms with Crippen LogP contribution in [0.1, 0.15) is 26.7 Å². The van der Waals surface area contributed by atoms with Crippen molar-refractivity contribution in [3.05, 3.63) is 0 Å². The SMILES string of the molecule is CC(C)[C@H]1[C@@H]2CCC(=O)[C@@H]21. The summed E-state index contributed by atoms with van der Waals surface area (Å²) in [5, 5.41) is 0. The van der Waals surface area contributed by atoms with E-state index in [1.807, 2.05) is 0 Å². The van der Waals surface area contributed by atoms with Gasteiger partial charge in [-0.1, -0.05) is 13.8 Å². The minimum atomic E-state index is 0.500. The number of fused-ring (bicyclic) bond motifs is 1. The van der Waals surface area contributed by atoms with Gasteiger partial charge >= 0.3 is 0 Å². The Kier molecular flexibility index (Phi) is 1.17. The van der Waals surface area contributed by atoms with Gasteiger partial charge in [0.1, 0.15) is 5.78 Å². The van der Waals surface area contributed by atoms with Gasteiger partial charge in [0.25, 0.3) is 0 Å². The zero-order valence-corrected chi connectivity index (χ0v) is 6.63. The second-order valence-electron chi connectivity index (χ2n) is 4.02. The summed E-state index contributed by atoms with van der Waals surface area (Å²) >= 11 is 0. The highest BCUT2D eigenvalue weighted by Crippen LogP contribution is 2.58. The van der Waals surface area contributed by atoms with Gasteiger partial charge in [0.05, 0.1) is 0 Å². The lowest BCUT2D eigenvalue weighted by Gasteiger charge is -2.04. The maximum absolute atomic E-state index is 11.1. The summed E-state index contributed by atoms with van der Waals surface area (Å²) < 4.78 is 0. The maximum atomic E-state index is 11.1. The molecule has 0 aromatic rings. The maximum Gasteiger partial charge on any atom is 0.136 e. The molecule has 2 rings (SSSR count). The molecule has 10 heavy (non-hydrogen) atoms. The molecule has 0 heterocycles. The molecule has 0 aromatic heterocycles. The van der Waals surface area contributed by atoms with Crippen molar-refractivity contribution >= 4 is 5.78 Å². The molecular formula is C9H14O. The molecule has 2 fully saturated rings. The van der Waals surface area contributed by atoms with E-state index >= 15 is 0 Å². The number of carbonyl (C=O) groups excluding carboxylic acids is 1. The first-order valence-corrected chi connectivity index (χ1v) is 4.24. The Morgan fingerprint density at radius 2 is 2.20 bits per heavy atom. The standard InChI is InChI=1S/C9H14O/c1-5(2)8-6-3-4-7(10)9(6)8/h5-6,8-9H,3-4H2,1-2H3/t6-,8-,9+/m0/s1. The molecular weight excluding hydrogens is 124 g/mol. The van der Waals surface area contributed by atoms with Crippen LogP contribution < -0.4 is 0 Å². The average Bonchev–Trinajstić information content (AvgIpc) is 2.48. The molecule has 1 nitrogen and oxygen atoms in total. The summed E-state index contributed by atoms with van der Waals surface area (Å²) in [5.41, 5.74) is 0. The van der Waals surface area contributed by atoms with Gasteiger partial charge in [-0.25, -0.2) is 0 Å². The third-order valence-corrected chi connectivity index (χ3v) is 3.10. The van der Waals surface area contributed by atoms with Crippen LogP contribution in [0.25, 0.3) is 0 Å². The summed E-state index contributed by atoms with van der Waals surface area (Å²) in [7, 11) is 0. The van der Waals surface area contributed by atoms with Crippen molar-refractivity contribution in [2.24, 2.45) is 23.7 Å². The summed E-state index contributed by atoms with van der Waals surface area (Å²) in [6, 6.07) is 0. The summed E-state index contributed by atoms with van der Waals surface area (Å²) in [6.45, 7) is 4.46. The smallest absolute Gasteiger partial charge is 0.136 e. The van der Waals surface area contributed by atoms with Crippen LogP contribution in [0.2, 0.25) is 0 Å². The van der Waals surface area contributed by atoms with Crippen LogP contribution in [0.15, 0.2) is 0 Å². The monoisotopic (exact) mass is 138 g/mol. The Hall–Kier alpha value is -0.330. The van der Waals surface area contributed by atoms with Gasteiger partial charge in [0.15, 0.2) is 0 Å². The predicted octanol–water partition coefficient (Wildman–Crippen LogP) is 1.87.